The first-order chi connectivity index (χ1) is 8.15. The van der Waals surface area contributed by atoms with Gasteiger partial charge in [-0.05, 0) is 51.0 Å². The van der Waals surface area contributed by atoms with Crippen LogP contribution in [0, 0.1) is 0 Å². The van der Waals surface area contributed by atoms with Crippen LogP contribution in [0.2, 0.25) is 0 Å². The van der Waals surface area contributed by atoms with Gasteiger partial charge >= 0.3 is 0 Å². The molecule has 1 atom stereocenters. The SMILES string of the molecule is CCCC(=O)NC1(C)CCCC2=C1C=CCC2.[HH]. The molecular formula is C15H25NO. The molecular weight excluding hydrogens is 210 g/mol. The van der Waals surface area contributed by atoms with Gasteiger partial charge < -0.3 is 5.32 Å². The Morgan fingerprint density at radius 1 is 1.53 bits per heavy atom. The van der Waals surface area contributed by atoms with Gasteiger partial charge in [-0.15, -0.1) is 0 Å². The minimum atomic E-state index is -0.114. The van der Waals surface area contributed by atoms with E-state index in [1.165, 1.54) is 24.8 Å². The summed E-state index contributed by atoms with van der Waals surface area (Å²) >= 11 is 0. The van der Waals surface area contributed by atoms with E-state index in [2.05, 4.69) is 24.4 Å². The number of hydrogen-bond donors (Lipinski definition) is 1. The molecule has 0 aliphatic heterocycles. The van der Waals surface area contributed by atoms with Crippen LogP contribution in [0.4, 0.5) is 0 Å². The van der Waals surface area contributed by atoms with Gasteiger partial charge in [0.15, 0.2) is 0 Å². The topological polar surface area (TPSA) is 29.1 Å². The van der Waals surface area contributed by atoms with Gasteiger partial charge in [0.25, 0.3) is 0 Å². The molecule has 17 heavy (non-hydrogen) atoms. The van der Waals surface area contributed by atoms with Crippen molar-refractivity contribution in [2.24, 2.45) is 0 Å². The quantitative estimate of drug-likeness (QED) is 0.793. The first kappa shape index (κ1) is 12.4. The highest BCUT2D eigenvalue weighted by Crippen LogP contribution is 2.38. The van der Waals surface area contributed by atoms with E-state index >= 15 is 0 Å². The van der Waals surface area contributed by atoms with Crippen LogP contribution in [0.1, 0.15) is 60.2 Å². The second-order valence-electron chi connectivity index (χ2n) is 5.44. The monoisotopic (exact) mass is 235 g/mol. The second kappa shape index (κ2) is 5.07. The fourth-order valence-corrected chi connectivity index (χ4v) is 3.06. The molecule has 2 rings (SSSR count). The van der Waals surface area contributed by atoms with Crippen molar-refractivity contribution in [3.05, 3.63) is 23.3 Å². The lowest BCUT2D eigenvalue weighted by Crippen LogP contribution is -2.49. The first-order valence-electron chi connectivity index (χ1n) is 6.86. The number of amides is 1. The maximum Gasteiger partial charge on any atom is 0.220 e. The smallest absolute Gasteiger partial charge is 0.220 e. The van der Waals surface area contributed by atoms with Gasteiger partial charge in [-0.25, -0.2) is 0 Å². The Labute approximate surface area is 106 Å². The molecule has 0 saturated carbocycles. The van der Waals surface area contributed by atoms with E-state index < -0.39 is 0 Å². The van der Waals surface area contributed by atoms with E-state index in [0.717, 1.165) is 19.3 Å². The third-order valence-corrected chi connectivity index (χ3v) is 3.92. The number of hydrogen-bond acceptors (Lipinski definition) is 1. The minimum Gasteiger partial charge on any atom is -0.347 e. The van der Waals surface area contributed by atoms with Crippen molar-refractivity contribution >= 4 is 5.91 Å². The van der Waals surface area contributed by atoms with Crippen LogP contribution in [0.25, 0.3) is 0 Å². The predicted molar refractivity (Wildman–Crippen MR) is 72.8 cm³/mol. The lowest BCUT2D eigenvalue weighted by molar-refractivity contribution is -0.122. The van der Waals surface area contributed by atoms with Crippen LogP contribution in [-0.4, -0.2) is 11.4 Å². The molecule has 0 aromatic carbocycles. The highest BCUT2D eigenvalue weighted by molar-refractivity contribution is 5.77. The summed E-state index contributed by atoms with van der Waals surface area (Å²) in [5.41, 5.74) is 2.84. The molecule has 2 nitrogen and oxygen atoms in total. The molecule has 2 heteroatoms. The van der Waals surface area contributed by atoms with E-state index in [1.807, 2.05) is 6.92 Å². The fourth-order valence-electron chi connectivity index (χ4n) is 3.06. The zero-order chi connectivity index (χ0) is 12.3. The van der Waals surface area contributed by atoms with E-state index in [0.29, 0.717) is 6.42 Å². The molecule has 1 N–H and O–H groups in total. The van der Waals surface area contributed by atoms with Crippen molar-refractivity contribution in [3.63, 3.8) is 0 Å². The van der Waals surface area contributed by atoms with Crippen LogP contribution >= 0.6 is 0 Å². The number of carbonyl (C=O) groups excluding carboxylic acids is 1. The fraction of sp³-hybridized carbons (Fsp3) is 0.667. The molecule has 2 aliphatic rings. The molecule has 0 heterocycles. The summed E-state index contributed by atoms with van der Waals surface area (Å²) in [5.74, 6) is 0.197. The highest BCUT2D eigenvalue weighted by atomic mass is 16.1. The number of carbonyl (C=O) groups is 1. The van der Waals surface area contributed by atoms with E-state index in [-0.39, 0.29) is 12.9 Å². The summed E-state index contributed by atoms with van der Waals surface area (Å²) in [4.78, 5) is 11.8. The van der Waals surface area contributed by atoms with Crippen molar-refractivity contribution in [1.29, 1.82) is 0 Å². The Kier molecular flexibility index (Phi) is 3.70. The van der Waals surface area contributed by atoms with Gasteiger partial charge in [0.05, 0.1) is 5.54 Å². The molecule has 1 amide bonds. The Morgan fingerprint density at radius 3 is 3.12 bits per heavy atom. The summed E-state index contributed by atoms with van der Waals surface area (Å²) in [5, 5.41) is 3.25. The zero-order valence-corrected chi connectivity index (χ0v) is 11.0. The maximum atomic E-state index is 11.8. The van der Waals surface area contributed by atoms with E-state index in [1.54, 1.807) is 5.57 Å². The molecule has 0 saturated heterocycles. The Hall–Kier alpha value is -1.05. The number of nitrogens with one attached hydrogen (secondary N) is 1. The van der Waals surface area contributed by atoms with Gasteiger partial charge in [-0.1, -0.05) is 24.6 Å². The van der Waals surface area contributed by atoms with Crippen molar-refractivity contribution < 1.29 is 6.22 Å². The van der Waals surface area contributed by atoms with Crippen molar-refractivity contribution in [1.82, 2.24) is 5.32 Å². The molecule has 0 fully saturated rings. The van der Waals surface area contributed by atoms with Gasteiger partial charge in [0, 0.05) is 7.85 Å². The maximum absolute atomic E-state index is 11.8. The molecule has 0 spiro atoms. The van der Waals surface area contributed by atoms with Gasteiger partial charge in [0.2, 0.25) is 5.91 Å². The summed E-state index contributed by atoms with van der Waals surface area (Å²) in [6.07, 6.45) is 11.9. The van der Waals surface area contributed by atoms with Crippen LogP contribution < -0.4 is 5.32 Å². The highest BCUT2D eigenvalue weighted by Gasteiger charge is 2.34. The number of allylic oxidation sites excluding steroid dienone is 2. The lowest BCUT2D eigenvalue weighted by Gasteiger charge is -2.39. The summed E-state index contributed by atoms with van der Waals surface area (Å²) in [6, 6.07) is 0. The van der Waals surface area contributed by atoms with Crippen LogP contribution in [-0.2, 0) is 4.79 Å². The largest absolute Gasteiger partial charge is 0.347 e. The molecule has 0 aromatic rings. The normalized spacial score (nSPS) is 27.9. The van der Waals surface area contributed by atoms with Gasteiger partial charge in [0.1, 0.15) is 0 Å². The van der Waals surface area contributed by atoms with E-state index in [4.69, 9.17) is 0 Å². The zero-order valence-electron chi connectivity index (χ0n) is 11.0. The van der Waals surface area contributed by atoms with Crippen molar-refractivity contribution in [2.45, 2.75) is 64.3 Å². The van der Waals surface area contributed by atoms with Crippen molar-refractivity contribution in [3.8, 4) is 0 Å². The summed E-state index contributed by atoms with van der Waals surface area (Å²) < 4.78 is 0. The van der Waals surface area contributed by atoms with E-state index in [9.17, 15) is 4.79 Å². The standard InChI is InChI=1S/C15H23NO.H2/c1-3-7-14(17)16-15(2)11-6-9-12-8-4-5-10-13(12)15;/h5,10H,3-4,6-9,11H2,1-2H3,(H,16,17);1H. The summed E-state index contributed by atoms with van der Waals surface area (Å²) in [6.45, 7) is 4.23. The predicted octanol–water partition coefficient (Wildman–Crippen LogP) is 3.74. The second-order valence-corrected chi connectivity index (χ2v) is 5.44. The van der Waals surface area contributed by atoms with Crippen LogP contribution in [0.15, 0.2) is 23.3 Å². The van der Waals surface area contributed by atoms with Crippen molar-refractivity contribution in [2.75, 3.05) is 0 Å². The Balaban J connectivity index is 0.00000162. The molecule has 0 aromatic heterocycles. The van der Waals surface area contributed by atoms with Gasteiger partial charge in [-0.3, -0.25) is 4.79 Å². The van der Waals surface area contributed by atoms with Crippen LogP contribution in [0.3, 0.4) is 0 Å². The molecule has 0 radical (unpaired) electrons. The Bertz CT molecular complexity index is 373. The lowest BCUT2D eigenvalue weighted by atomic mass is 9.74. The third kappa shape index (κ3) is 2.62. The first-order valence-corrected chi connectivity index (χ1v) is 6.86. The summed E-state index contributed by atoms with van der Waals surface area (Å²) in [7, 11) is 0. The molecule has 96 valence electrons. The van der Waals surface area contributed by atoms with Gasteiger partial charge in [-0.2, -0.15) is 0 Å². The molecule has 0 bridgehead atoms. The minimum absolute atomic E-state index is 0. The number of rotatable bonds is 3. The third-order valence-electron chi connectivity index (χ3n) is 3.92. The molecule has 1 unspecified atom stereocenters. The molecule has 2 aliphatic carbocycles. The van der Waals surface area contributed by atoms with Crippen LogP contribution in [0.5, 0.6) is 0 Å². The average Bonchev–Trinajstić information content (AvgIpc) is 2.29. The average molecular weight is 235 g/mol. The Morgan fingerprint density at radius 2 is 2.35 bits per heavy atom.